The van der Waals surface area contributed by atoms with Crippen molar-refractivity contribution < 1.29 is 14.3 Å². The van der Waals surface area contributed by atoms with Crippen LogP contribution >= 0.6 is 0 Å². The molecule has 1 saturated heterocycles. The number of amides is 1. The summed E-state index contributed by atoms with van der Waals surface area (Å²) in [5.74, 6) is -0.0318. The first-order valence-electron chi connectivity index (χ1n) is 7.27. The van der Waals surface area contributed by atoms with Gasteiger partial charge in [0.2, 0.25) is 5.91 Å². The summed E-state index contributed by atoms with van der Waals surface area (Å²) < 4.78 is 4.88. The number of unbranched alkanes of at least 4 members (excludes halogenated alkanes) is 2. The lowest BCUT2D eigenvalue weighted by molar-refractivity contribution is -0.143. The van der Waals surface area contributed by atoms with Crippen molar-refractivity contribution in [2.75, 3.05) is 26.2 Å². The van der Waals surface area contributed by atoms with Gasteiger partial charge in [-0.25, -0.2) is 0 Å². The number of likely N-dealkylation sites (tertiary alicyclic amines) is 1. The second-order valence-corrected chi connectivity index (χ2v) is 5.10. The lowest BCUT2D eigenvalue weighted by Crippen LogP contribution is -2.35. The van der Waals surface area contributed by atoms with E-state index in [2.05, 4.69) is 10.2 Å². The van der Waals surface area contributed by atoms with E-state index in [-0.39, 0.29) is 11.9 Å². The van der Waals surface area contributed by atoms with Gasteiger partial charge in [-0.3, -0.25) is 9.59 Å². The topological polar surface area (TPSA) is 58.6 Å². The zero-order chi connectivity index (χ0) is 14.1. The Morgan fingerprint density at radius 1 is 1.32 bits per heavy atom. The summed E-state index contributed by atoms with van der Waals surface area (Å²) in [6.45, 7) is 6.94. The minimum atomic E-state index is -0.0885. The molecule has 5 nitrogen and oxygen atoms in total. The summed E-state index contributed by atoms with van der Waals surface area (Å²) in [7, 11) is 0. The van der Waals surface area contributed by atoms with E-state index in [0.29, 0.717) is 19.1 Å². The van der Waals surface area contributed by atoms with Crippen LogP contribution < -0.4 is 5.32 Å². The maximum absolute atomic E-state index is 11.1. The summed E-state index contributed by atoms with van der Waals surface area (Å²) >= 11 is 0. The minimum Gasteiger partial charge on any atom is -0.466 e. The van der Waals surface area contributed by atoms with Crippen molar-refractivity contribution in [1.29, 1.82) is 0 Å². The molecule has 1 N–H and O–H groups in total. The SMILES string of the molecule is CCOC(=O)CCCCCN1CCC(NC(C)=O)C1. The minimum absolute atomic E-state index is 0.0567. The van der Waals surface area contributed by atoms with E-state index in [9.17, 15) is 9.59 Å². The van der Waals surface area contributed by atoms with Crippen LogP contribution in [0.5, 0.6) is 0 Å². The van der Waals surface area contributed by atoms with Crippen LogP contribution in [0.3, 0.4) is 0 Å². The molecule has 1 aliphatic rings. The van der Waals surface area contributed by atoms with Crippen LogP contribution in [0, 0.1) is 0 Å². The van der Waals surface area contributed by atoms with Crippen LogP contribution in [-0.2, 0) is 14.3 Å². The van der Waals surface area contributed by atoms with Gasteiger partial charge >= 0.3 is 5.97 Å². The summed E-state index contributed by atoms with van der Waals surface area (Å²) in [6.07, 6.45) is 4.64. The molecule has 0 aliphatic carbocycles. The number of carbonyl (C=O) groups excluding carboxylic acids is 2. The highest BCUT2D eigenvalue weighted by molar-refractivity contribution is 5.73. The van der Waals surface area contributed by atoms with E-state index in [0.717, 1.165) is 45.3 Å². The van der Waals surface area contributed by atoms with E-state index < -0.39 is 0 Å². The lowest BCUT2D eigenvalue weighted by Gasteiger charge is -2.16. The Hall–Kier alpha value is -1.10. The van der Waals surface area contributed by atoms with E-state index in [1.165, 1.54) is 0 Å². The quantitative estimate of drug-likeness (QED) is 0.534. The van der Waals surface area contributed by atoms with Crippen molar-refractivity contribution in [3.8, 4) is 0 Å². The Kier molecular flexibility index (Phi) is 7.48. The molecule has 0 spiro atoms. The van der Waals surface area contributed by atoms with Crippen molar-refractivity contribution in [2.24, 2.45) is 0 Å². The number of rotatable bonds is 8. The van der Waals surface area contributed by atoms with Gasteiger partial charge in [0.15, 0.2) is 0 Å². The van der Waals surface area contributed by atoms with Crippen LogP contribution in [-0.4, -0.2) is 49.1 Å². The highest BCUT2D eigenvalue weighted by Crippen LogP contribution is 2.11. The number of carbonyl (C=O) groups is 2. The van der Waals surface area contributed by atoms with Gasteiger partial charge in [-0.1, -0.05) is 6.42 Å². The summed E-state index contributed by atoms with van der Waals surface area (Å²) in [4.78, 5) is 24.5. The number of nitrogens with zero attached hydrogens (tertiary/aromatic N) is 1. The molecule has 0 bridgehead atoms. The van der Waals surface area contributed by atoms with Gasteiger partial charge in [-0.15, -0.1) is 0 Å². The molecule has 110 valence electrons. The number of nitrogens with one attached hydrogen (secondary N) is 1. The van der Waals surface area contributed by atoms with Crippen molar-refractivity contribution in [1.82, 2.24) is 10.2 Å². The first-order valence-corrected chi connectivity index (χ1v) is 7.27. The normalized spacial score (nSPS) is 19.4. The van der Waals surface area contributed by atoms with Gasteiger partial charge in [0, 0.05) is 32.5 Å². The predicted octanol–water partition coefficient (Wildman–Crippen LogP) is 1.32. The van der Waals surface area contributed by atoms with Crippen LogP contribution in [0.2, 0.25) is 0 Å². The molecule has 0 saturated carbocycles. The summed E-state index contributed by atoms with van der Waals surface area (Å²) in [6, 6.07) is 0.317. The Morgan fingerprint density at radius 2 is 2.11 bits per heavy atom. The van der Waals surface area contributed by atoms with Gasteiger partial charge in [-0.2, -0.15) is 0 Å². The lowest BCUT2D eigenvalue weighted by atomic mass is 10.2. The Labute approximate surface area is 115 Å². The molecule has 19 heavy (non-hydrogen) atoms. The fourth-order valence-corrected chi connectivity index (χ4v) is 2.46. The largest absolute Gasteiger partial charge is 0.466 e. The Balaban J connectivity index is 1.99. The van der Waals surface area contributed by atoms with Crippen LogP contribution in [0.15, 0.2) is 0 Å². The van der Waals surface area contributed by atoms with Crippen molar-refractivity contribution in [3.63, 3.8) is 0 Å². The number of hydrogen-bond donors (Lipinski definition) is 1. The summed E-state index contributed by atoms with van der Waals surface area (Å²) in [5, 5.41) is 2.96. The maximum Gasteiger partial charge on any atom is 0.305 e. The first kappa shape index (κ1) is 16.0. The van der Waals surface area contributed by atoms with Crippen molar-refractivity contribution in [3.05, 3.63) is 0 Å². The average Bonchev–Trinajstić information content (AvgIpc) is 2.75. The zero-order valence-electron chi connectivity index (χ0n) is 12.1. The molecule has 5 heteroatoms. The second kappa shape index (κ2) is 8.91. The monoisotopic (exact) mass is 270 g/mol. The van der Waals surface area contributed by atoms with Crippen LogP contribution in [0.1, 0.15) is 46.0 Å². The standard InChI is InChI=1S/C14H26N2O3/c1-3-19-14(18)7-5-4-6-9-16-10-8-13(11-16)15-12(2)17/h13H,3-11H2,1-2H3,(H,15,17). The van der Waals surface area contributed by atoms with Gasteiger partial charge < -0.3 is 15.0 Å². The maximum atomic E-state index is 11.1. The van der Waals surface area contributed by atoms with Crippen LogP contribution in [0.25, 0.3) is 0 Å². The number of ether oxygens (including phenoxy) is 1. The molecule has 0 aromatic rings. The number of esters is 1. The van der Waals surface area contributed by atoms with E-state index in [1.807, 2.05) is 6.92 Å². The highest BCUT2D eigenvalue weighted by atomic mass is 16.5. The van der Waals surface area contributed by atoms with Crippen molar-refractivity contribution in [2.45, 2.75) is 52.0 Å². The molecule has 1 unspecified atom stereocenters. The van der Waals surface area contributed by atoms with Gasteiger partial charge in [0.25, 0.3) is 0 Å². The van der Waals surface area contributed by atoms with Gasteiger partial charge in [0.05, 0.1) is 6.61 Å². The van der Waals surface area contributed by atoms with Crippen LogP contribution in [0.4, 0.5) is 0 Å². The first-order chi connectivity index (χ1) is 9.11. The number of hydrogen-bond acceptors (Lipinski definition) is 4. The molecule has 1 amide bonds. The molecule has 1 fully saturated rings. The molecule has 1 rings (SSSR count). The molecule has 0 aromatic carbocycles. The second-order valence-electron chi connectivity index (χ2n) is 5.10. The molecule has 0 aromatic heterocycles. The third kappa shape index (κ3) is 7.15. The highest BCUT2D eigenvalue weighted by Gasteiger charge is 2.22. The third-order valence-electron chi connectivity index (χ3n) is 3.34. The average molecular weight is 270 g/mol. The third-order valence-corrected chi connectivity index (χ3v) is 3.34. The van der Waals surface area contributed by atoms with E-state index >= 15 is 0 Å². The Bertz CT molecular complexity index is 294. The molecule has 0 radical (unpaired) electrons. The van der Waals surface area contributed by atoms with Gasteiger partial charge in [0.1, 0.15) is 0 Å². The predicted molar refractivity (Wildman–Crippen MR) is 73.8 cm³/mol. The molecule has 1 aliphatic heterocycles. The van der Waals surface area contributed by atoms with E-state index in [4.69, 9.17) is 4.74 Å². The molecule has 1 atom stereocenters. The fourth-order valence-electron chi connectivity index (χ4n) is 2.46. The van der Waals surface area contributed by atoms with E-state index in [1.54, 1.807) is 6.92 Å². The Morgan fingerprint density at radius 3 is 2.79 bits per heavy atom. The molecular formula is C14H26N2O3. The smallest absolute Gasteiger partial charge is 0.305 e. The summed E-state index contributed by atoms with van der Waals surface area (Å²) in [5.41, 5.74) is 0. The van der Waals surface area contributed by atoms with Gasteiger partial charge in [-0.05, 0) is 32.7 Å². The zero-order valence-corrected chi connectivity index (χ0v) is 12.1. The molecular weight excluding hydrogens is 244 g/mol. The fraction of sp³-hybridized carbons (Fsp3) is 0.857. The molecule has 1 heterocycles. The van der Waals surface area contributed by atoms with Crippen molar-refractivity contribution >= 4 is 11.9 Å².